The molecule has 1 heterocycles. The number of carbonyl (C=O) groups is 1. The maximum absolute atomic E-state index is 12.1. The minimum atomic E-state index is -0.294. The van der Waals surface area contributed by atoms with Gasteiger partial charge in [0.2, 0.25) is 0 Å². The highest BCUT2D eigenvalue weighted by molar-refractivity contribution is 5.92. The van der Waals surface area contributed by atoms with Gasteiger partial charge in [-0.15, -0.1) is 0 Å². The molecule has 0 aliphatic carbocycles. The third kappa shape index (κ3) is 3.97. The summed E-state index contributed by atoms with van der Waals surface area (Å²) in [6.45, 7) is 3.91. The lowest BCUT2D eigenvalue weighted by atomic mass is 10.1. The van der Waals surface area contributed by atoms with Gasteiger partial charge in [-0.1, -0.05) is 18.7 Å². The van der Waals surface area contributed by atoms with Gasteiger partial charge < -0.3 is 14.6 Å². The number of anilines is 1. The van der Waals surface area contributed by atoms with Crippen LogP contribution in [0, 0.1) is 11.3 Å². The summed E-state index contributed by atoms with van der Waals surface area (Å²) in [6, 6.07) is 16.0. The SMILES string of the molecule is C=C(c1ccccc1OCC(=O)Nc1ccc(C#N)cc1)n1ccnc1. The number of benzene rings is 2. The second-order valence-electron chi connectivity index (χ2n) is 5.44. The van der Waals surface area contributed by atoms with Crippen LogP contribution >= 0.6 is 0 Å². The van der Waals surface area contributed by atoms with E-state index in [1.54, 1.807) is 53.6 Å². The van der Waals surface area contributed by atoms with Crippen LogP contribution < -0.4 is 10.1 Å². The lowest BCUT2D eigenvalue weighted by molar-refractivity contribution is -0.118. The van der Waals surface area contributed by atoms with Crippen LogP contribution in [-0.2, 0) is 4.79 Å². The lowest BCUT2D eigenvalue weighted by Crippen LogP contribution is -2.20. The molecule has 0 fully saturated rings. The Morgan fingerprint density at radius 3 is 2.69 bits per heavy atom. The molecular formula is C20H16N4O2. The first-order valence-corrected chi connectivity index (χ1v) is 7.87. The highest BCUT2D eigenvalue weighted by Crippen LogP contribution is 2.25. The molecule has 0 radical (unpaired) electrons. The highest BCUT2D eigenvalue weighted by Gasteiger charge is 2.10. The quantitative estimate of drug-likeness (QED) is 0.744. The first-order valence-electron chi connectivity index (χ1n) is 7.87. The topological polar surface area (TPSA) is 79.9 Å². The summed E-state index contributed by atoms with van der Waals surface area (Å²) in [4.78, 5) is 16.1. The molecule has 6 heteroatoms. The summed E-state index contributed by atoms with van der Waals surface area (Å²) in [5, 5.41) is 11.5. The van der Waals surface area contributed by atoms with Gasteiger partial charge in [-0.25, -0.2) is 4.98 Å². The highest BCUT2D eigenvalue weighted by atomic mass is 16.5. The number of hydrogen-bond acceptors (Lipinski definition) is 4. The summed E-state index contributed by atoms with van der Waals surface area (Å²) in [6.07, 6.45) is 5.10. The first-order chi connectivity index (χ1) is 12.7. The molecule has 0 aliphatic rings. The maximum Gasteiger partial charge on any atom is 0.262 e. The predicted molar refractivity (Wildman–Crippen MR) is 98.4 cm³/mol. The molecule has 0 unspecified atom stereocenters. The first kappa shape index (κ1) is 17.0. The van der Waals surface area contributed by atoms with Crippen molar-refractivity contribution < 1.29 is 9.53 Å². The summed E-state index contributed by atoms with van der Waals surface area (Å²) in [5.74, 6) is 0.263. The van der Waals surface area contributed by atoms with E-state index in [2.05, 4.69) is 16.9 Å². The van der Waals surface area contributed by atoms with Crippen molar-refractivity contribution in [3.63, 3.8) is 0 Å². The third-order valence-corrected chi connectivity index (χ3v) is 3.67. The zero-order valence-electron chi connectivity index (χ0n) is 13.9. The number of nitrogens with one attached hydrogen (secondary N) is 1. The summed E-state index contributed by atoms with van der Waals surface area (Å²) >= 11 is 0. The number of aromatic nitrogens is 2. The van der Waals surface area contributed by atoms with Gasteiger partial charge in [0, 0.05) is 23.6 Å². The minimum Gasteiger partial charge on any atom is -0.483 e. The van der Waals surface area contributed by atoms with Gasteiger partial charge in [0.1, 0.15) is 5.75 Å². The largest absolute Gasteiger partial charge is 0.483 e. The van der Waals surface area contributed by atoms with Crippen LogP contribution in [0.5, 0.6) is 5.75 Å². The normalized spacial score (nSPS) is 9.96. The maximum atomic E-state index is 12.1. The Morgan fingerprint density at radius 2 is 2.00 bits per heavy atom. The number of imidazole rings is 1. The van der Waals surface area contributed by atoms with Gasteiger partial charge in [-0.3, -0.25) is 4.79 Å². The molecule has 6 nitrogen and oxygen atoms in total. The zero-order valence-corrected chi connectivity index (χ0v) is 13.9. The number of rotatable bonds is 6. The summed E-state index contributed by atoms with van der Waals surface area (Å²) in [7, 11) is 0. The summed E-state index contributed by atoms with van der Waals surface area (Å²) < 4.78 is 7.45. The zero-order chi connectivity index (χ0) is 18.4. The van der Waals surface area contributed by atoms with E-state index in [-0.39, 0.29) is 12.5 Å². The van der Waals surface area contributed by atoms with E-state index in [0.29, 0.717) is 22.7 Å². The molecule has 0 spiro atoms. The van der Waals surface area contributed by atoms with Gasteiger partial charge in [0.25, 0.3) is 5.91 Å². The predicted octanol–water partition coefficient (Wildman–Crippen LogP) is 3.29. The molecule has 2 aromatic carbocycles. The molecule has 3 aromatic rings. The molecule has 26 heavy (non-hydrogen) atoms. The Balaban J connectivity index is 1.65. The molecule has 3 rings (SSSR count). The van der Waals surface area contributed by atoms with Crippen LogP contribution in [0.15, 0.2) is 73.8 Å². The number of hydrogen-bond donors (Lipinski definition) is 1. The van der Waals surface area contributed by atoms with Crippen LogP contribution in [-0.4, -0.2) is 22.1 Å². The third-order valence-electron chi connectivity index (χ3n) is 3.67. The van der Waals surface area contributed by atoms with E-state index >= 15 is 0 Å². The fourth-order valence-electron chi connectivity index (χ4n) is 2.36. The number of nitriles is 1. The van der Waals surface area contributed by atoms with E-state index in [1.807, 2.05) is 24.3 Å². The molecule has 1 N–H and O–H groups in total. The monoisotopic (exact) mass is 344 g/mol. The Morgan fingerprint density at radius 1 is 1.23 bits per heavy atom. The standard InChI is InChI=1S/C20H16N4O2/c1-15(24-11-10-22-14-24)18-4-2-3-5-19(18)26-13-20(25)23-17-8-6-16(12-21)7-9-17/h2-11,14H,1,13H2,(H,23,25). The second-order valence-corrected chi connectivity index (χ2v) is 5.44. The van der Waals surface area contributed by atoms with Crippen molar-refractivity contribution in [2.45, 2.75) is 0 Å². The molecule has 0 saturated carbocycles. The molecule has 0 bridgehead atoms. The van der Waals surface area contributed by atoms with Gasteiger partial charge in [0.05, 0.1) is 23.7 Å². The van der Waals surface area contributed by atoms with Crippen molar-refractivity contribution in [3.05, 3.63) is 85.0 Å². The van der Waals surface area contributed by atoms with Crippen LogP contribution in [0.3, 0.4) is 0 Å². The lowest BCUT2D eigenvalue weighted by Gasteiger charge is -2.13. The molecule has 0 saturated heterocycles. The molecule has 0 aliphatic heterocycles. The van der Waals surface area contributed by atoms with Crippen molar-refractivity contribution in [2.24, 2.45) is 0 Å². The number of para-hydroxylation sites is 1. The van der Waals surface area contributed by atoms with Crippen molar-refractivity contribution in [1.82, 2.24) is 9.55 Å². The minimum absolute atomic E-state index is 0.145. The average molecular weight is 344 g/mol. The Kier molecular flexibility index (Phi) is 5.11. The van der Waals surface area contributed by atoms with Crippen LogP contribution in [0.25, 0.3) is 5.70 Å². The van der Waals surface area contributed by atoms with E-state index in [1.165, 1.54) is 0 Å². The van der Waals surface area contributed by atoms with Crippen molar-refractivity contribution in [3.8, 4) is 11.8 Å². The van der Waals surface area contributed by atoms with E-state index < -0.39 is 0 Å². The van der Waals surface area contributed by atoms with Crippen molar-refractivity contribution in [1.29, 1.82) is 5.26 Å². The molecule has 1 aromatic heterocycles. The van der Waals surface area contributed by atoms with Gasteiger partial charge in [-0.2, -0.15) is 5.26 Å². The van der Waals surface area contributed by atoms with Crippen molar-refractivity contribution in [2.75, 3.05) is 11.9 Å². The molecule has 128 valence electrons. The number of amides is 1. The van der Waals surface area contributed by atoms with Crippen LogP contribution in [0.2, 0.25) is 0 Å². The van der Waals surface area contributed by atoms with E-state index in [4.69, 9.17) is 10.00 Å². The van der Waals surface area contributed by atoms with E-state index in [9.17, 15) is 4.79 Å². The Bertz CT molecular complexity index is 954. The van der Waals surface area contributed by atoms with Crippen molar-refractivity contribution >= 4 is 17.3 Å². The molecular weight excluding hydrogens is 328 g/mol. The number of carbonyl (C=O) groups excluding carboxylic acids is 1. The fraction of sp³-hybridized carbons (Fsp3) is 0.0500. The Labute approximate surface area is 151 Å². The number of nitrogens with zero attached hydrogens (tertiary/aromatic N) is 3. The van der Waals surface area contributed by atoms with Gasteiger partial charge in [0.15, 0.2) is 6.61 Å². The number of ether oxygens (including phenoxy) is 1. The summed E-state index contributed by atoms with van der Waals surface area (Å²) in [5.41, 5.74) is 2.61. The smallest absolute Gasteiger partial charge is 0.262 e. The van der Waals surface area contributed by atoms with Gasteiger partial charge >= 0.3 is 0 Å². The van der Waals surface area contributed by atoms with Gasteiger partial charge in [-0.05, 0) is 36.4 Å². The average Bonchev–Trinajstić information content (AvgIpc) is 3.21. The van der Waals surface area contributed by atoms with Crippen LogP contribution in [0.1, 0.15) is 11.1 Å². The Hall–Kier alpha value is -3.85. The van der Waals surface area contributed by atoms with Crippen LogP contribution in [0.4, 0.5) is 5.69 Å². The fourth-order valence-corrected chi connectivity index (χ4v) is 2.36. The molecule has 1 amide bonds. The van der Waals surface area contributed by atoms with E-state index in [0.717, 1.165) is 5.56 Å². The molecule has 0 atom stereocenters. The second kappa shape index (κ2) is 7.81.